The predicted octanol–water partition coefficient (Wildman–Crippen LogP) is 3.07. The van der Waals surface area contributed by atoms with Crippen LogP contribution in [0.3, 0.4) is 0 Å². The second-order valence-electron chi connectivity index (χ2n) is 8.36. The third-order valence-corrected chi connectivity index (χ3v) is 6.18. The smallest absolute Gasteiger partial charge is 0.191 e. The molecule has 1 aromatic heterocycles. The van der Waals surface area contributed by atoms with Crippen molar-refractivity contribution in [3.8, 4) is 5.75 Å². The Bertz CT molecular complexity index is 914. The van der Waals surface area contributed by atoms with Crippen molar-refractivity contribution >= 4 is 35.8 Å². The zero-order valence-corrected chi connectivity index (χ0v) is 22.2. The van der Waals surface area contributed by atoms with Crippen molar-refractivity contribution in [2.75, 3.05) is 57.3 Å². The standard InChI is InChI=1S/C25H36N6O.HI/c1-3-26-25(28-11-7-20-5-6-23-22(17-20)9-16-32-23)29-19-21-8-10-27-24(18-21)31-14-12-30(4-2)13-15-31;/h5-6,8,10,17-18H,3-4,7,9,11-16,19H2,1-2H3,(H2,26,28,29);1H. The van der Waals surface area contributed by atoms with Gasteiger partial charge in [0.25, 0.3) is 0 Å². The van der Waals surface area contributed by atoms with Gasteiger partial charge in [-0.15, -0.1) is 24.0 Å². The Morgan fingerprint density at radius 2 is 1.91 bits per heavy atom. The van der Waals surface area contributed by atoms with Gasteiger partial charge in [-0.1, -0.05) is 19.1 Å². The number of likely N-dealkylation sites (N-methyl/N-ethyl adjacent to an activating group) is 1. The number of hydrogen-bond acceptors (Lipinski definition) is 5. The minimum absolute atomic E-state index is 0. The number of anilines is 1. The highest BCUT2D eigenvalue weighted by Gasteiger charge is 2.17. The van der Waals surface area contributed by atoms with Crippen LogP contribution in [-0.4, -0.2) is 68.3 Å². The van der Waals surface area contributed by atoms with Gasteiger partial charge in [0.1, 0.15) is 11.6 Å². The summed E-state index contributed by atoms with van der Waals surface area (Å²) < 4.78 is 5.60. The molecule has 1 aromatic carbocycles. The van der Waals surface area contributed by atoms with E-state index in [0.717, 1.165) is 82.8 Å². The van der Waals surface area contributed by atoms with Crippen LogP contribution in [0.25, 0.3) is 0 Å². The van der Waals surface area contributed by atoms with E-state index in [1.54, 1.807) is 0 Å². The molecule has 0 saturated carbocycles. The third-order valence-electron chi connectivity index (χ3n) is 6.18. The number of nitrogens with one attached hydrogen (secondary N) is 2. The van der Waals surface area contributed by atoms with Crippen LogP contribution in [0.5, 0.6) is 5.75 Å². The number of rotatable bonds is 8. The van der Waals surface area contributed by atoms with E-state index in [0.29, 0.717) is 6.54 Å². The lowest BCUT2D eigenvalue weighted by molar-refractivity contribution is 0.270. The van der Waals surface area contributed by atoms with Gasteiger partial charge in [0, 0.05) is 51.9 Å². The molecule has 0 radical (unpaired) electrons. The first-order chi connectivity index (χ1) is 15.7. The lowest BCUT2D eigenvalue weighted by Crippen LogP contribution is -2.46. The molecule has 1 saturated heterocycles. The number of benzene rings is 1. The van der Waals surface area contributed by atoms with Crippen LogP contribution in [0.2, 0.25) is 0 Å². The summed E-state index contributed by atoms with van der Waals surface area (Å²) in [6.07, 6.45) is 3.88. The third kappa shape index (κ3) is 7.20. The molecular formula is C25H37IN6O. The maximum Gasteiger partial charge on any atom is 0.191 e. The number of aliphatic imine (C=N–C) groups is 1. The molecule has 0 atom stereocenters. The molecular weight excluding hydrogens is 527 g/mol. The summed E-state index contributed by atoms with van der Waals surface area (Å²) in [5.41, 5.74) is 3.84. The normalized spacial score (nSPS) is 16.1. The molecule has 0 aliphatic carbocycles. The predicted molar refractivity (Wildman–Crippen MR) is 146 cm³/mol. The molecule has 3 heterocycles. The molecule has 8 heteroatoms. The molecule has 2 aliphatic rings. The van der Waals surface area contributed by atoms with Crippen molar-refractivity contribution in [1.29, 1.82) is 0 Å². The summed E-state index contributed by atoms with van der Waals surface area (Å²) in [5.74, 6) is 2.96. The van der Waals surface area contributed by atoms with E-state index in [9.17, 15) is 0 Å². The van der Waals surface area contributed by atoms with Gasteiger partial charge in [-0.3, -0.25) is 0 Å². The molecule has 4 rings (SSSR count). The lowest BCUT2D eigenvalue weighted by Gasteiger charge is -2.34. The van der Waals surface area contributed by atoms with Crippen LogP contribution in [0, 0.1) is 0 Å². The molecule has 0 spiro atoms. The van der Waals surface area contributed by atoms with Gasteiger partial charge in [0.2, 0.25) is 0 Å². The van der Waals surface area contributed by atoms with E-state index in [4.69, 9.17) is 9.73 Å². The number of nitrogens with zero attached hydrogens (tertiary/aromatic N) is 4. The highest BCUT2D eigenvalue weighted by molar-refractivity contribution is 14.0. The van der Waals surface area contributed by atoms with Crippen LogP contribution >= 0.6 is 24.0 Å². The lowest BCUT2D eigenvalue weighted by atomic mass is 10.1. The number of hydrogen-bond donors (Lipinski definition) is 2. The van der Waals surface area contributed by atoms with Crippen LogP contribution in [0.15, 0.2) is 41.5 Å². The molecule has 0 amide bonds. The fourth-order valence-corrected chi connectivity index (χ4v) is 4.26. The Labute approximate surface area is 215 Å². The quantitative estimate of drug-likeness (QED) is 0.292. The Morgan fingerprint density at radius 3 is 2.70 bits per heavy atom. The van der Waals surface area contributed by atoms with Crippen molar-refractivity contribution in [3.63, 3.8) is 0 Å². The monoisotopic (exact) mass is 564 g/mol. The maximum atomic E-state index is 5.60. The van der Waals surface area contributed by atoms with E-state index < -0.39 is 0 Å². The van der Waals surface area contributed by atoms with Crippen LogP contribution in [0.1, 0.15) is 30.5 Å². The Balaban J connectivity index is 0.00000306. The number of piperazine rings is 1. The first-order valence-electron chi connectivity index (χ1n) is 11.9. The number of pyridine rings is 1. The van der Waals surface area contributed by atoms with Crippen LogP contribution in [-0.2, 0) is 19.4 Å². The molecule has 33 heavy (non-hydrogen) atoms. The van der Waals surface area contributed by atoms with Gasteiger partial charge >= 0.3 is 0 Å². The number of ether oxygens (including phenoxy) is 1. The summed E-state index contributed by atoms with van der Waals surface area (Å²) >= 11 is 0. The van der Waals surface area contributed by atoms with Crippen molar-refractivity contribution < 1.29 is 4.74 Å². The summed E-state index contributed by atoms with van der Waals surface area (Å²) in [6, 6.07) is 10.8. The van der Waals surface area contributed by atoms with Crippen molar-refractivity contribution in [3.05, 3.63) is 53.2 Å². The fourth-order valence-electron chi connectivity index (χ4n) is 4.26. The summed E-state index contributed by atoms with van der Waals surface area (Å²) in [6.45, 7) is 12.8. The van der Waals surface area contributed by atoms with E-state index >= 15 is 0 Å². The SMILES string of the molecule is CCNC(=NCc1ccnc(N2CCN(CC)CC2)c1)NCCc1ccc2c(c1)CCO2.I. The van der Waals surface area contributed by atoms with Crippen molar-refractivity contribution in [2.45, 2.75) is 33.2 Å². The van der Waals surface area contributed by atoms with Gasteiger partial charge in [-0.05, 0) is 54.8 Å². The van der Waals surface area contributed by atoms with Gasteiger partial charge < -0.3 is 25.2 Å². The summed E-state index contributed by atoms with van der Waals surface area (Å²) in [5, 5.41) is 6.83. The van der Waals surface area contributed by atoms with Crippen molar-refractivity contribution in [2.24, 2.45) is 4.99 Å². The Kier molecular flexibility index (Phi) is 10.1. The first kappa shape index (κ1) is 25.6. The Hall–Kier alpha value is -2.07. The maximum absolute atomic E-state index is 5.60. The van der Waals surface area contributed by atoms with Gasteiger partial charge in [0.05, 0.1) is 13.2 Å². The molecule has 2 aliphatic heterocycles. The molecule has 0 bridgehead atoms. The zero-order chi connectivity index (χ0) is 22.2. The minimum atomic E-state index is 0. The molecule has 2 N–H and O–H groups in total. The van der Waals surface area contributed by atoms with E-state index in [1.807, 2.05) is 6.20 Å². The van der Waals surface area contributed by atoms with Gasteiger partial charge in [0.15, 0.2) is 5.96 Å². The van der Waals surface area contributed by atoms with E-state index in [1.165, 1.54) is 16.7 Å². The van der Waals surface area contributed by atoms with Gasteiger partial charge in [-0.2, -0.15) is 0 Å². The second kappa shape index (κ2) is 13.0. The number of aromatic nitrogens is 1. The number of guanidine groups is 1. The first-order valence-corrected chi connectivity index (χ1v) is 11.9. The van der Waals surface area contributed by atoms with E-state index in [-0.39, 0.29) is 24.0 Å². The largest absolute Gasteiger partial charge is 0.493 e. The molecule has 7 nitrogen and oxygen atoms in total. The molecule has 1 fully saturated rings. The molecule has 180 valence electrons. The van der Waals surface area contributed by atoms with Gasteiger partial charge in [-0.25, -0.2) is 9.98 Å². The average Bonchev–Trinajstić information content (AvgIpc) is 3.31. The highest BCUT2D eigenvalue weighted by Crippen LogP contribution is 2.25. The summed E-state index contributed by atoms with van der Waals surface area (Å²) in [4.78, 5) is 14.3. The molecule has 2 aromatic rings. The number of fused-ring (bicyclic) bond motifs is 1. The number of halogens is 1. The topological polar surface area (TPSA) is 65.0 Å². The second-order valence-corrected chi connectivity index (χ2v) is 8.36. The minimum Gasteiger partial charge on any atom is -0.493 e. The molecule has 0 unspecified atom stereocenters. The Morgan fingerprint density at radius 1 is 1.06 bits per heavy atom. The zero-order valence-electron chi connectivity index (χ0n) is 19.8. The summed E-state index contributed by atoms with van der Waals surface area (Å²) in [7, 11) is 0. The fraction of sp³-hybridized carbons (Fsp3) is 0.520. The highest BCUT2D eigenvalue weighted by atomic mass is 127. The van der Waals surface area contributed by atoms with E-state index in [2.05, 4.69) is 69.6 Å². The van der Waals surface area contributed by atoms with Crippen LogP contribution in [0.4, 0.5) is 5.82 Å². The van der Waals surface area contributed by atoms with Crippen LogP contribution < -0.4 is 20.3 Å². The average molecular weight is 565 g/mol. The van der Waals surface area contributed by atoms with Crippen molar-refractivity contribution in [1.82, 2.24) is 20.5 Å².